The van der Waals surface area contributed by atoms with E-state index in [0.29, 0.717) is 17.1 Å². The highest BCUT2D eigenvalue weighted by atomic mass is 19.1. The Hall–Kier alpha value is -3.67. The molecule has 0 saturated heterocycles. The zero-order valence-corrected chi connectivity index (χ0v) is 15.8. The van der Waals surface area contributed by atoms with Gasteiger partial charge in [0, 0.05) is 6.54 Å². The van der Waals surface area contributed by atoms with Gasteiger partial charge in [0.1, 0.15) is 23.9 Å². The van der Waals surface area contributed by atoms with E-state index in [-0.39, 0.29) is 12.1 Å². The number of ether oxygens (including phenoxy) is 1. The number of carbonyl (C=O) groups excluding carboxylic acids is 1. The molecule has 148 valence electrons. The zero-order valence-electron chi connectivity index (χ0n) is 15.8. The van der Waals surface area contributed by atoms with Crippen LogP contribution in [0.1, 0.15) is 21.5 Å². The van der Waals surface area contributed by atoms with Crippen LogP contribution < -0.4 is 4.74 Å². The van der Waals surface area contributed by atoms with Gasteiger partial charge in [-0.25, -0.2) is 4.39 Å². The molecule has 0 aromatic heterocycles. The van der Waals surface area contributed by atoms with Crippen LogP contribution >= 0.6 is 0 Å². The fourth-order valence-corrected chi connectivity index (χ4v) is 2.85. The first-order valence-electron chi connectivity index (χ1n) is 9.01. The third-order valence-electron chi connectivity index (χ3n) is 4.24. The van der Waals surface area contributed by atoms with Crippen LogP contribution in [0, 0.1) is 12.7 Å². The van der Waals surface area contributed by atoms with Crippen LogP contribution in [0.25, 0.3) is 0 Å². The molecule has 0 saturated carbocycles. The summed E-state index contributed by atoms with van der Waals surface area (Å²) in [6.45, 7) is 1.40. The lowest BCUT2D eigenvalue weighted by Gasteiger charge is -2.22. The van der Waals surface area contributed by atoms with Crippen molar-refractivity contribution < 1.29 is 23.8 Å². The summed E-state index contributed by atoms with van der Waals surface area (Å²) in [5.41, 5.74) is 1.80. The number of hydrogen-bond donors (Lipinski definition) is 1. The highest BCUT2D eigenvalue weighted by molar-refractivity contribution is 5.98. The molecule has 0 spiro atoms. The SMILES string of the molecule is Cc1ccc(Oc2ccccc2C(=O)N(CC(=O)O)Cc2cccc(F)c2)cc1. The summed E-state index contributed by atoms with van der Waals surface area (Å²) >= 11 is 0. The van der Waals surface area contributed by atoms with Gasteiger partial charge in [0.25, 0.3) is 5.91 Å². The molecule has 1 N–H and O–H groups in total. The first kappa shape index (κ1) is 20.1. The molecule has 5 nitrogen and oxygen atoms in total. The molecular weight excluding hydrogens is 373 g/mol. The largest absolute Gasteiger partial charge is 0.480 e. The van der Waals surface area contributed by atoms with Gasteiger partial charge < -0.3 is 14.7 Å². The van der Waals surface area contributed by atoms with E-state index in [4.69, 9.17) is 4.74 Å². The summed E-state index contributed by atoms with van der Waals surface area (Å²) in [5, 5.41) is 9.24. The summed E-state index contributed by atoms with van der Waals surface area (Å²) in [4.78, 5) is 25.6. The molecule has 0 bridgehead atoms. The van der Waals surface area contributed by atoms with Crippen LogP contribution in [0.3, 0.4) is 0 Å². The van der Waals surface area contributed by atoms with Gasteiger partial charge in [-0.15, -0.1) is 0 Å². The van der Waals surface area contributed by atoms with Crippen LogP contribution in [0.2, 0.25) is 0 Å². The molecule has 3 rings (SSSR count). The van der Waals surface area contributed by atoms with Crippen LogP contribution in [0.5, 0.6) is 11.5 Å². The molecule has 29 heavy (non-hydrogen) atoms. The van der Waals surface area contributed by atoms with Gasteiger partial charge in [-0.3, -0.25) is 9.59 Å². The third-order valence-corrected chi connectivity index (χ3v) is 4.24. The number of hydrogen-bond acceptors (Lipinski definition) is 3. The Kier molecular flexibility index (Phi) is 6.24. The van der Waals surface area contributed by atoms with E-state index in [0.717, 1.165) is 10.5 Å². The molecule has 0 aliphatic heterocycles. The summed E-state index contributed by atoms with van der Waals surface area (Å²) in [6, 6.07) is 19.7. The van der Waals surface area contributed by atoms with Crippen LogP contribution in [0.4, 0.5) is 4.39 Å². The molecule has 3 aromatic rings. The summed E-state index contributed by atoms with van der Waals surface area (Å²) in [6.07, 6.45) is 0. The topological polar surface area (TPSA) is 66.8 Å². The second kappa shape index (κ2) is 9.01. The number of aryl methyl sites for hydroxylation is 1. The lowest BCUT2D eigenvalue weighted by atomic mass is 10.1. The number of carbonyl (C=O) groups is 2. The normalized spacial score (nSPS) is 10.4. The van der Waals surface area contributed by atoms with E-state index >= 15 is 0 Å². The van der Waals surface area contributed by atoms with Crippen molar-refractivity contribution >= 4 is 11.9 Å². The van der Waals surface area contributed by atoms with Gasteiger partial charge >= 0.3 is 5.97 Å². The molecular formula is C23H20FNO4. The first-order chi connectivity index (χ1) is 13.9. The maximum atomic E-state index is 13.5. The lowest BCUT2D eigenvalue weighted by Crippen LogP contribution is -2.35. The smallest absolute Gasteiger partial charge is 0.323 e. The molecule has 0 unspecified atom stereocenters. The van der Waals surface area contributed by atoms with E-state index in [1.165, 1.54) is 18.2 Å². The molecule has 0 fully saturated rings. The molecule has 0 heterocycles. The summed E-state index contributed by atoms with van der Waals surface area (Å²) in [5.74, 6) is -1.25. The predicted molar refractivity (Wildman–Crippen MR) is 106 cm³/mol. The standard InChI is InChI=1S/C23H20FNO4/c1-16-9-11-19(12-10-16)29-21-8-3-2-7-20(21)23(28)25(15-22(26)27)14-17-5-4-6-18(24)13-17/h2-13H,14-15H2,1H3,(H,26,27). The molecule has 0 aliphatic carbocycles. The van der Waals surface area contributed by atoms with Crippen molar-refractivity contribution in [3.8, 4) is 11.5 Å². The Labute approximate surface area is 168 Å². The summed E-state index contributed by atoms with van der Waals surface area (Å²) in [7, 11) is 0. The fourth-order valence-electron chi connectivity index (χ4n) is 2.85. The van der Waals surface area contributed by atoms with Crippen molar-refractivity contribution in [2.75, 3.05) is 6.54 Å². The van der Waals surface area contributed by atoms with Gasteiger partial charge in [-0.2, -0.15) is 0 Å². The zero-order chi connectivity index (χ0) is 20.8. The van der Waals surface area contributed by atoms with Crippen LogP contribution in [-0.2, 0) is 11.3 Å². The number of carboxylic acids is 1. The Morgan fingerprint density at radius 2 is 1.72 bits per heavy atom. The number of aliphatic carboxylic acids is 1. The second-order valence-electron chi connectivity index (χ2n) is 6.60. The summed E-state index contributed by atoms with van der Waals surface area (Å²) < 4.78 is 19.4. The number of amides is 1. The molecule has 0 radical (unpaired) electrons. The lowest BCUT2D eigenvalue weighted by molar-refractivity contribution is -0.137. The van der Waals surface area contributed by atoms with Gasteiger partial charge in [0.15, 0.2) is 0 Å². The number of para-hydroxylation sites is 1. The van der Waals surface area contributed by atoms with Gasteiger partial charge in [-0.05, 0) is 48.9 Å². The first-order valence-corrected chi connectivity index (χ1v) is 9.01. The minimum atomic E-state index is -1.16. The van der Waals surface area contributed by atoms with E-state index in [2.05, 4.69) is 0 Å². The average Bonchev–Trinajstić information content (AvgIpc) is 2.69. The van der Waals surface area contributed by atoms with Gasteiger partial charge in [0.2, 0.25) is 0 Å². The Morgan fingerprint density at radius 1 is 1.00 bits per heavy atom. The number of nitrogens with zero attached hydrogens (tertiary/aromatic N) is 1. The Bertz CT molecular complexity index is 1020. The maximum Gasteiger partial charge on any atom is 0.323 e. The monoisotopic (exact) mass is 393 g/mol. The van der Waals surface area contributed by atoms with Gasteiger partial charge in [-0.1, -0.05) is 42.0 Å². The van der Waals surface area contributed by atoms with Crippen LogP contribution in [0.15, 0.2) is 72.8 Å². The highest BCUT2D eigenvalue weighted by Crippen LogP contribution is 2.27. The average molecular weight is 393 g/mol. The number of rotatable bonds is 7. The van der Waals surface area contributed by atoms with Crippen molar-refractivity contribution in [2.45, 2.75) is 13.5 Å². The maximum absolute atomic E-state index is 13.5. The van der Waals surface area contributed by atoms with Crippen LogP contribution in [-0.4, -0.2) is 28.4 Å². The van der Waals surface area contributed by atoms with Crippen molar-refractivity contribution in [1.29, 1.82) is 0 Å². The third kappa shape index (κ3) is 5.42. The Balaban J connectivity index is 1.89. The van der Waals surface area contributed by atoms with E-state index in [1.807, 2.05) is 19.1 Å². The van der Waals surface area contributed by atoms with Gasteiger partial charge in [0.05, 0.1) is 5.56 Å². The molecule has 6 heteroatoms. The highest BCUT2D eigenvalue weighted by Gasteiger charge is 2.22. The van der Waals surface area contributed by atoms with E-state index in [1.54, 1.807) is 42.5 Å². The number of benzene rings is 3. The fraction of sp³-hybridized carbons (Fsp3) is 0.130. The minimum Gasteiger partial charge on any atom is -0.480 e. The molecule has 1 amide bonds. The van der Waals surface area contributed by atoms with Crippen molar-refractivity contribution in [1.82, 2.24) is 4.90 Å². The van der Waals surface area contributed by atoms with Crippen molar-refractivity contribution in [3.63, 3.8) is 0 Å². The van der Waals surface area contributed by atoms with Crippen molar-refractivity contribution in [2.24, 2.45) is 0 Å². The quantitative estimate of drug-likeness (QED) is 0.634. The van der Waals surface area contributed by atoms with E-state index < -0.39 is 24.2 Å². The second-order valence-corrected chi connectivity index (χ2v) is 6.60. The Morgan fingerprint density at radius 3 is 2.41 bits per heavy atom. The molecule has 0 atom stereocenters. The number of halogens is 1. The van der Waals surface area contributed by atoms with Crippen molar-refractivity contribution in [3.05, 3.63) is 95.3 Å². The number of carboxylic acid groups (broad SMARTS) is 1. The molecule has 0 aliphatic rings. The minimum absolute atomic E-state index is 0.0399. The van der Waals surface area contributed by atoms with E-state index in [9.17, 15) is 19.1 Å². The molecule has 3 aromatic carbocycles. The predicted octanol–water partition coefficient (Wildman–Crippen LogP) is 4.65.